The molecule has 0 aliphatic rings. The first kappa shape index (κ1) is 107. The van der Waals surface area contributed by atoms with Crippen molar-refractivity contribution in [2.24, 2.45) is 0 Å². The number of hydrogen-bond acceptors (Lipinski definition) is 15. The molecular formula is C90H176O17P2. The second-order valence-corrected chi connectivity index (χ2v) is 35.3. The van der Waals surface area contributed by atoms with Crippen LogP contribution >= 0.6 is 15.6 Å². The van der Waals surface area contributed by atoms with Crippen LogP contribution in [0.3, 0.4) is 0 Å². The summed E-state index contributed by atoms with van der Waals surface area (Å²) < 4.78 is 69.0. The van der Waals surface area contributed by atoms with Gasteiger partial charge in [0.05, 0.1) is 26.4 Å². The first-order chi connectivity index (χ1) is 53.2. The monoisotopic (exact) mass is 1590 g/mol. The second-order valence-electron chi connectivity index (χ2n) is 32.3. The second kappa shape index (κ2) is 84.0. The first-order valence-electron chi connectivity index (χ1n) is 46.8. The van der Waals surface area contributed by atoms with Crippen molar-refractivity contribution in [3.05, 3.63) is 0 Å². The van der Waals surface area contributed by atoms with Gasteiger partial charge in [-0.15, -0.1) is 0 Å². The van der Waals surface area contributed by atoms with Gasteiger partial charge >= 0.3 is 39.5 Å². The van der Waals surface area contributed by atoms with E-state index in [4.69, 9.17) is 37.0 Å². The zero-order valence-corrected chi connectivity index (χ0v) is 73.3. The third-order valence-electron chi connectivity index (χ3n) is 21.4. The van der Waals surface area contributed by atoms with E-state index >= 15 is 0 Å². The molecule has 0 radical (unpaired) electrons. The fourth-order valence-electron chi connectivity index (χ4n) is 14.2. The zero-order valence-electron chi connectivity index (χ0n) is 71.5. The summed E-state index contributed by atoms with van der Waals surface area (Å²) in [4.78, 5) is 73.4. The Bertz CT molecular complexity index is 2050. The molecule has 0 aliphatic carbocycles. The molecule has 19 heteroatoms. The maximum absolute atomic E-state index is 13.2. The van der Waals surface area contributed by atoms with Crippen LogP contribution in [0.25, 0.3) is 0 Å². The number of aliphatic hydroxyl groups excluding tert-OH is 1. The van der Waals surface area contributed by atoms with Crippen LogP contribution in [-0.2, 0) is 65.4 Å². The van der Waals surface area contributed by atoms with Gasteiger partial charge in [-0.25, -0.2) is 9.13 Å². The number of rotatable bonds is 91. The molecule has 0 amide bonds. The molecule has 0 aromatic heterocycles. The molecule has 109 heavy (non-hydrogen) atoms. The highest BCUT2D eigenvalue weighted by atomic mass is 31.2. The molecule has 0 aliphatic heterocycles. The van der Waals surface area contributed by atoms with Crippen molar-refractivity contribution < 1.29 is 80.2 Å². The summed E-state index contributed by atoms with van der Waals surface area (Å²) in [6, 6.07) is 0. The van der Waals surface area contributed by atoms with Crippen molar-refractivity contribution in [1.82, 2.24) is 0 Å². The average Bonchev–Trinajstić information content (AvgIpc) is 0.897. The minimum atomic E-state index is -4.97. The number of hydrogen-bond donors (Lipinski definition) is 3. The van der Waals surface area contributed by atoms with Gasteiger partial charge in [-0.1, -0.05) is 445 Å². The lowest BCUT2D eigenvalue weighted by Gasteiger charge is -2.21. The van der Waals surface area contributed by atoms with E-state index in [0.717, 1.165) is 89.9 Å². The Labute approximate surface area is 670 Å². The largest absolute Gasteiger partial charge is 0.472 e. The van der Waals surface area contributed by atoms with Crippen molar-refractivity contribution in [3.8, 4) is 0 Å². The molecule has 0 saturated carbocycles. The molecule has 0 aromatic rings. The zero-order chi connectivity index (χ0) is 79.6. The number of phosphoric ester groups is 2. The highest BCUT2D eigenvalue weighted by Crippen LogP contribution is 2.45. The van der Waals surface area contributed by atoms with Gasteiger partial charge in [0.1, 0.15) is 19.3 Å². The Hall–Kier alpha value is -1.94. The topological polar surface area (TPSA) is 237 Å². The normalized spacial score (nSPS) is 13.6. The number of phosphoric acid groups is 2. The Balaban J connectivity index is 5.23. The van der Waals surface area contributed by atoms with E-state index in [2.05, 4.69) is 27.7 Å². The van der Waals surface area contributed by atoms with E-state index in [1.54, 1.807) is 0 Å². The van der Waals surface area contributed by atoms with Crippen LogP contribution in [0.5, 0.6) is 0 Å². The summed E-state index contributed by atoms with van der Waals surface area (Å²) in [6.07, 6.45) is 80.6. The lowest BCUT2D eigenvalue weighted by molar-refractivity contribution is -0.161. The molecule has 2 unspecified atom stereocenters. The lowest BCUT2D eigenvalue weighted by Crippen LogP contribution is -2.30. The Morgan fingerprint density at radius 3 is 0.541 bits per heavy atom. The number of unbranched alkanes of at least 4 members (excludes halogenated alkanes) is 65. The molecule has 0 spiro atoms. The van der Waals surface area contributed by atoms with Gasteiger partial charge in [0.15, 0.2) is 12.2 Å². The van der Waals surface area contributed by atoms with Crippen LogP contribution in [-0.4, -0.2) is 96.7 Å². The van der Waals surface area contributed by atoms with Crippen molar-refractivity contribution >= 4 is 39.5 Å². The third kappa shape index (κ3) is 83.8. The number of esters is 4. The van der Waals surface area contributed by atoms with Gasteiger partial charge in [-0.3, -0.25) is 37.3 Å². The van der Waals surface area contributed by atoms with Crippen LogP contribution in [0.2, 0.25) is 0 Å². The van der Waals surface area contributed by atoms with E-state index < -0.39 is 97.5 Å². The van der Waals surface area contributed by atoms with Gasteiger partial charge in [0.25, 0.3) is 0 Å². The fourth-order valence-corrected chi connectivity index (χ4v) is 15.8. The summed E-state index contributed by atoms with van der Waals surface area (Å²) in [6.45, 7) is 5.08. The number of aliphatic hydroxyl groups is 1. The maximum Gasteiger partial charge on any atom is 0.472 e. The predicted molar refractivity (Wildman–Crippen MR) is 451 cm³/mol. The maximum atomic E-state index is 13.2. The van der Waals surface area contributed by atoms with Gasteiger partial charge in [-0.05, 0) is 25.7 Å². The van der Waals surface area contributed by atoms with Crippen LogP contribution in [0.1, 0.15) is 496 Å². The van der Waals surface area contributed by atoms with Crippen molar-refractivity contribution in [2.45, 2.75) is 515 Å². The molecular weight excluding hydrogens is 1410 g/mol. The van der Waals surface area contributed by atoms with Gasteiger partial charge in [-0.2, -0.15) is 0 Å². The SMILES string of the molecule is CCCCCCCCCCCCCCCCCCCCCCCCC(=O)O[C@H](COC(=O)CCCCCCCCCCCCCCCCCCCCC)COP(=O)(O)OC[C@@H](O)COP(=O)(O)OC[C@@H](COC(=O)CCCCCCCCCCCCCC)OC(=O)CCCCCCCCCCCCCCCCCC. The molecule has 0 aromatic carbocycles. The molecule has 5 atom stereocenters. The van der Waals surface area contributed by atoms with Gasteiger partial charge < -0.3 is 33.8 Å². The molecule has 0 heterocycles. The minimum Gasteiger partial charge on any atom is -0.462 e. The van der Waals surface area contributed by atoms with Crippen molar-refractivity contribution in [2.75, 3.05) is 39.6 Å². The molecule has 17 nitrogen and oxygen atoms in total. The van der Waals surface area contributed by atoms with E-state index in [0.29, 0.717) is 25.7 Å². The van der Waals surface area contributed by atoms with Crippen molar-refractivity contribution in [1.29, 1.82) is 0 Å². The fraction of sp³-hybridized carbons (Fsp3) is 0.956. The molecule has 0 bridgehead atoms. The highest BCUT2D eigenvalue weighted by molar-refractivity contribution is 7.47. The summed E-state index contributed by atoms with van der Waals surface area (Å²) >= 11 is 0. The molecule has 0 fully saturated rings. The quantitative estimate of drug-likeness (QED) is 0.0222. The van der Waals surface area contributed by atoms with E-state index in [9.17, 15) is 43.2 Å². The minimum absolute atomic E-state index is 0.109. The standard InChI is InChI=1S/C90H176O17P2/c1-5-9-13-17-21-25-29-33-36-39-41-42-43-45-47-50-53-57-61-65-69-73-77-90(95)107-86(81-101-88(93)75-71-67-63-59-55-51-49-46-44-40-37-34-30-26-22-18-14-10-6-2)83-105-109(98,99)103-79-84(91)78-102-108(96,97)104-82-85(80-100-87(92)74-70-66-62-58-54-32-28-24-20-16-12-8-4)106-89(94)76-72-68-64-60-56-52-48-38-35-31-27-23-19-15-11-7-3/h84-86,91H,5-83H2,1-4H3,(H,96,97)(H,98,99)/t84-,85+,86+/m0/s1. The number of carbonyl (C=O) groups excluding carboxylic acids is 4. The van der Waals surface area contributed by atoms with Crippen LogP contribution in [0.15, 0.2) is 0 Å². The van der Waals surface area contributed by atoms with Gasteiger partial charge in [0.2, 0.25) is 0 Å². The van der Waals surface area contributed by atoms with Crippen LogP contribution < -0.4 is 0 Å². The van der Waals surface area contributed by atoms with Crippen LogP contribution in [0, 0.1) is 0 Å². The smallest absolute Gasteiger partial charge is 0.462 e. The molecule has 648 valence electrons. The van der Waals surface area contributed by atoms with Crippen molar-refractivity contribution in [3.63, 3.8) is 0 Å². The first-order valence-corrected chi connectivity index (χ1v) is 49.8. The van der Waals surface area contributed by atoms with E-state index in [1.807, 2.05) is 0 Å². The Morgan fingerprint density at radius 1 is 0.220 bits per heavy atom. The highest BCUT2D eigenvalue weighted by Gasteiger charge is 2.30. The van der Waals surface area contributed by atoms with Gasteiger partial charge in [0, 0.05) is 25.7 Å². The summed E-state index contributed by atoms with van der Waals surface area (Å²) in [5.41, 5.74) is 0. The summed E-state index contributed by atoms with van der Waals surface area (Å²) in [5.74, 6) is -2.09. The summed E-state index contributed by atoms with van der Waals surface area (Å²) in [7, 11) is -9.93. The number of carbonyl (C=O) groups is 4. The molecule has 3 N–H and O–H groups in total. The summed E-state index contributed by atoms with van der Waals surface area (Å²) in [5, 5.41) is 10.7. The average molecular weight is 1590 g/mol. The molecule has 0 rings (SSSR count). The lowest BCUT2D eigenvalue weighted by atomic mass is 10.0. The van der Waals surface area contributed by atoms with E-state index in [1.165, 1.54) is 327 Å². The Morgan fingerprint density at radius 2 is 0.367 bits per heavy atom. The van der Waals surface area contributed by atoms with E-state index in [-0.39, 0.29) is 25.7 Å². The van der Waals surface area contributed by atoms with Crippen LogP contribution in [0.4, 0.5) is 0 Å². The molecule has 0 saturated heterocycles. The predicted octanol–water partition coefficient (Wildman–Crippen LogP) is 28.1. The Kier molecular flexibility index (Phi) is 82.5. The number of ether oxygens (including phenoxy) is 4. The third-order valence-corrected chi connectivity index (χ3v) is 23.3.